The van der Waals surface area contributed by atoms with Gasteiger partial charge >= 0.3 is 0 Å². The van der Waals surface area contributed by atoms with Crippen molar-refractivity contribution in [3.05, 3.63) is 164 Å². The highest BCUT2D eigenvalue weighted by molar-refractivity contribution is 6.16. The molecule has 48 heavy (non-hydrogen) atoms. The Kier molecular flexibility index (Phi) is 5.11. The van der Waals surface area contributed by atoms with Gasteiger partial charge in [0.15, 0.2) is 0 Å². The van der Waals surface area contributed by atoms with E-state index in [-0.39, 0.29) is 0 Å². The Hall–Kier alpha value is -6.45. The SMILES string of the molecule is c1ccc(-n2c3ccccc3c3cc(-c4ccc5c(c4)c4ccccc4n5-c4ccc5c(c4)-c4cccc6cncc-5c46)ccc32)cc1. The molecule has 3 nitrogen and oxygen atoms in total. The molecule has 0 saturated carbocycles. The lowest BCUT2D eigenvalue weighted by Gasteiger charge is -2.11. The molecule has 1 aliphatic carbocycles. The molecular formula is C45H27N3. The Bertz CT molecular complexity index is 2940. The van der Waals surface area contributed by atoms with E-state index in [0.29, 0.717) is 0 Å². The summed E-state index contributed by atoms with van der Waals surface area (Å²) < 4.78 is 4.80. The zero-order valence-electron chi connectivity index (χ0n) is 25.9. The highest BCUT2D eigenvalue weighted by atomic mass is 15.0. The van der Waals surface area contributed by atoms with Crippen LogP contribution in [0.2, 0.25) is 0 Å². The third-order valence-corrected chi connectivity index (χ3v) is 10.3. The van der Waals surface area contributed by atoms with E-state index in [0.717, 1.165) is 0 Å². The van der Waals surface area contributed by atoms with E-state index in [9.17, 15) is 0 Å². The molecule has 0 saturated heterocycles. The number of benzene rings is 7. The summed E-state index contributed by atoms with van der Waals surface area (Å²) in [6.07, 6.45) is 3.98. The quantitative estimate of drug-likeness (QED) is 0.195. The van der Waals surface area contributed by atoms with E-state index < -0.39 is 0 Å². The van der Waals surface area contributed by atoms with Crippen LogP contribution in [0.1, 0.15) is 0 Å². The number of nitrogens with zero attached hydrogens (tertiary/aromatic N) is 3. The average molecular weight is 610 g/mol. The molecule has 7 aromatic carbocycles. The van der Waals surface area contributed by atoms with Gasteiger partial charge in [0.05, 0.1) is 22.1 Å². The first kappa shape index (κ1) is 25.7. The van der Waals surface area contributed by atoms with Gasteiger partial charge in [0.25, 0.3) is 0 Å². The monoisotopic (exact) mass is 609 g/mol. The lowest BCUT2D eigenvalue weighted by atomic mass is 10.0. The minimum atomic E-state index is 1.17. The van der Waals surface area contributed by atoms with Gasteiger partial charge in [0, 0.05) is 61.6 Å². The van der Waals surface area contributed by atoms with Crippen molar-refractivity contribution in [2.24, 2.45) is 0 Å². The Morgan fingerprint density at radius 3 is 1.69 bits per heavy atom. The maximum absolute atomic E-state index is 4.54. The number of para-hydroxylation sites is 3. The molecule has 0 N–H and O–H groups in total. The van der Waals surface area contributed by atoms with Crippen LogP contribution < -0.4 is 0 Å². The summed E-state index contributed by atoms with van der Waals surface area (Å²) in [5.41, 5.74) is 14.7. The molecule has 3 heterocycles. The number of pyridine rings is 1. The molecule has 0 fully saturated rings. The minimum Gasteiger partial charge on any atom is -0.309 e. The molecule has 3 aromatic heterocycles. The third kappa shape index (κ3) is 3.45. The van der Waals surface area contributed by atoms with Crippen molar-refractivity contribution in [2.75, 3.05) is 0 Å². The van der Waals surface area contributed by atoms with Crippen molar-refractivity contribution in [3.8, 4) is 44.8 Å². The highest BCUT2D eigenvalue weighted by Crippen LogP contribution is 2.48. The summed E-state index contributed by atoms with van der Waals surface area (Å²) in [7, 11) is 0. The minimum absolute atomic E-state index is 1.17. The number of hydrogen-bond donors (Lipinski definition) is 0. The molecule has 0 aliphatic heterocycles. The van der Waals surface area contributed by atoms with Gasteiger partial charge in [-0.2, -0.15) is 0 Å². The molecule has 1 aliphatic rings. The molecule has 0 spiro atoms. The van der Waals surface area contributed by atoms with E-state index in [1.807, 2.05) is 12.4 Å². The van der Waals surface area contributed by atoms with Crippen LogP contribution in [0.3, 0.4) is 0 Å². The zero-order valence-corrected chi connectivity index (χ0v) is 25.9. The fraction of sp³-hybridized carbons (Fsp3) is 0. The van der Waals surface area contributed by atoms with E-state index in [2.05, 4.69) is 166 Å². The predicted octanol–water partition coefficient (Wildman–Crippen LogP) is 11.7. The number of fused-ring (bicyclic) bond motifs is 9. The number of hydrogen-bond acceptors (Lipinski definition) is 1. The van der Waals surface area contributed by atoms with Crippen LogP contribution in [0.5, 0.6) is 0 Å². The smallest absolute Gasteiger partial charge is 0.0541 e. The molecule has 3 heteroatoms. The molecule has 0 atom stereocenters. The van der Waals surface area contributed by atoms with Crippen molar-refractivity contribution in [3.63, 3.8) is 0 Å². The fourth-order valence-corrected chi connectivity index (χ4v) is 8.23. The lowest BCUT2D eigenvalue weighted by Crippen LogP contribution is -1.94. The molecule has 222 valence electrons. The maximum atomic E-state index is 4.54. The van der Waals surface area contributed by atoms with Crippen LogP contribution >= 0.6 is 0 Å². The Morgan fingerprint density at radius 1 is 0.354 bits per heavy atom. The van der Waals surface area contributed by atoms with Gasteiger partial charge in [-0.05, 0) is 88.5 Å². The number of aromatic nitrogens is 3. The second kappa shape index (κ2) is 9.54. The summed E-state index contributed by atoms with van der Waals surface area (Å²) in [6.45, 7) is 0. The Labute approximate surface area is 276 Å². The van der Waals surface area contributed by atoms with Crippen LogP contribution in [-0.2, 0) is 0 Å². The highest BCUT2D eigenvalue weighted by Gasteiger charge is 2.23. The number of rotatable bonds is 3. The van der Waals surface area contributed by atoms with Gasteiger partial charge < -0.3 is 9.13 Å². The average Bonchev–Trinajstić information content (AvgIpc) is 3.78. The molecule has 0 bridgehead atoms. The summed E-state index contributed by atoms with van der Waals surface area (Å²) >= 11 is 0. The summed E-state index contributed by atoms with van der Waals surface area (Å²) in [4.78, 5) is 4.54. The van der Waals surface area contributed by atoms with Crippen molar-refractivity contribution in [2.45, 2.75) is 0 Å². The molecule has 0 amide bonds. The van der Waals surface area contributed by atoms with Crippen LogP contribution in [0.4, 0.5) is 0 Å². The summed E-state index contributed by atoms with van der Waals surface area (Å²) in [5, 5.41) is 7.53. The van der Waals surface area contributed by atoms with Crippen LogP contribution in [-0.4, -0.2) is 14.1 Å². The normalized spacial score (nSPS) is 12.2. The zero-order chi connectivity index (χ0) is 31.3. The molecule has 0 unspecified atom stereocenters. The predicted molar refractivity (Wildman–Crippen MR) is 200 cm³/mol. The van der Waals surface area contributed by atoms with E-state index in [1.165, 1.54) is 99.1 Å². The van der Waals surface area contributed by atoms with E-state index in [4.69, 9.17) is 0 Å². The summed E-state index contributed by atoms with van der Waals surface area (Å²) in [6, 6.07) is 55.5. The van der Waals surface area contributed by atoms with Crippen LogP contribution in [0.25, 0.3) is 99.1 Å². The van der Waals surface area contributed by atoms with Crippen molar-refractivity contribution in [1.29, 1.82) is 0 Å². The lowest BCUT2D eigenvalue weighted by molar-refractivity contribution is 1.18. The largest absolute Gasteiger partial charge is 0.309 e. The molecular weight excluding hydrogens is 583 g/mol. The summed E-state index contributed by atoms with van der Waals surface area (Å²) in [5.74, 6) is 0. The van der Waals surface area contributed by atoms with Gasteiger partial charge in [-0.3, -0.25) is 4.98 Å². The van der Waals surface area contributed by atoms with Crippen molar-refractivity contribution >= 4 is 54.4 Å². The fourth-order valence-electron chi connectivity index (χ4n) is 8.23. The first-order chi connectivity index (χ1) is 23.8. The Morgan fingerprint density at radius 2 is 0.979 bits per heavy atom. The van der Waals surface area contributed by atoms with Gasteiger partial charge in [-0.25, -0.2) is 0 Å². The molecule has 0 radical (unpaired) electrons. The van der Waals surface area contributed by atoms with E-state index >= 15 is 0 Å². The van der Waals surface area contributed by atoms with Gasteiger partial charge in [-0.15, -0.1) is 0 Å². The maximum Gasteiger partial charge on any atom is 0.0541 e. The first-order valence-electron chi connectivity index (χ1n) is 16.5. The second-order valence-electron chi connectivity index (χ2n) is 12.8. The molecule has 10 aromatic rings. The van der Waals surface area contributed by atoms with Gasteiger partial charge in [0.2, 0.25) is 0 Å². The topological polar surface area (TPSA) is 22.8 Å². The Balaban J connectivity index is 1.10. The van der Waals surface area contributed by atoms with Gasteiger partial charge in [-0.1, -0.05) is 91.0 Å². The second-order valence-corrected chi connectivity index (χ2v) is 12.8. The van der Waals surface area contributed by atoms with Crippen molar-refractivity contribution in [1.82, 2.24) is 14.1 Å². The third-order valence-electron chi connectivity index (χ3n) is 10.3. The standard InChI is InChI=1S/C45H27N3/c1-2-10-31(11-3-1)47-41-15-6-4-12-34(41)38-23-28(17-21-43(38)47)29-18-22-44-39(24-29)35-13-5-7-16-42(35)48(44)32-19-20-33-37(25-32)36-14-8-9-30-26-46-27-40(33)45(30)36/h1-27H. The van der Waals surface area contributed by atoms with Crippen LogP contribution in [0.15, 0.2) is 164 Å². The van der Waals surface area contributed by atoms with E-state index in [1.54, 1.807) is 0 Å². The van der Waals surface area contributed by atoms with Crippen LogP contribution in [0, 0.1) is 0 Å². The van der Waals surface area contributed by atoms with Gasteiger partial charge in [0.1, 0.15) is 0 Å². The molecule has 11 rings (SSSR count). The van der Waals surface area contributed by atoms with Crippen molar-refractivity contribution < 1.29 is 0 Å². The first-order valence-corrected chi connectivity index (χ1v) is 16.5.